The zero-order valence-corrected chi connectivity index (χ0v) is 45.9. The van der Waals surface area contributed by atoms with Gasteiger partial charge in [0, 0.05) is 48.4 Å². The van der Waals surface area contributed by atoms with Crippen LogP contribution in [0.5, 0.6) is 0 Å². The molecule has 78 heavy (non-hydrogen) atoms. The van der Waals surface area contributed by atoms with E-state index in [2.05, 4.69) is 88.1 Å². The first-order valence-corrected chi connectivity index (χ1v) is 27.2. The molecular weight excluding hydrogens is 997 g/mol. The standard InChI is InChI=1S/C30H30N6O2.C22H18N4.C9H16N2O2S/c1-30(2,3)38-29(37)36-13-12-32-28(36)33-23-11-9-21-15-25(35-27(21)17-23)19-6-4-18(5-7-19)24-14-20-8-10-22(31)16-26(20)34-24;23-17-7-5-15-9-19(25-21(15)11-17)13-1-2-14(4-3-13)20-10-16-6-8-18(24)12-22(16)26-20;1-9(2,3)13-8(12)11-6-5-10-7(11)14-4/h4-11,16-17H,12-15,31H2,1-3H3,(H,32,33);1-8,11-12H,9-10,23-24H2;5-6H2,1-4H3. The highest BCUT2D eigenvalue weighted by atomic mass is 32.2. The molecule has 6 aromatic carbocycles. The molecular formula is C61H64N12O4S. The van der Waals surface area contributed by atoms with Crippen molar-refractivity contribution in [2.45, 2.75) is 78.4 Å². The summed E-state index contributed by atoms with van der Waals surface area (Å²) in [5.74, 6) is 0.497. The molecule has 6 aliphatic rings. The molecule has 0 aliphatic carbocycles. The number of aliphatic imine (C=N–C) groups is 6. The number of hydrogen-bond donors (Lipinski definition) is 4. The summed E-state index contributed by atoms with van der Waals surface area (Å²) < 4.78 is 10.8. The third-order valence-corrected chi connectivity index (χ3v) is 14.0. The molecule has 6 aromatic rings. The quantitative estimate of drug-likeness (QED) is 0.120. The van der Waals surface area contributed by atoms with Crippen LogP contribution in [-0.4, -0.2) is 99.6 Å². The Labute approximate surface area is 459 Å². The number of anilines is 4. The van der Waals surface area contributed by atoms with Gasteiger partial charge in [-0.05, 0) is 141 Å². The van der Waals surface area contributed by atoms with Gasteiger partial charge in [0.15, 0.2) is 5.17 Å². The number of guanidine groups is 1. The number of amides is 2. The lowest BCUT2D eigenvalue weighted by atomic mass is 9.99. The largest absolute Gasteiger partial charge is 0.443 e. The van der Waals surface area contributed by atoms with E-state index in [-0.39, 0.29) is 6.09 Å². The number of ether oxygens (including phenoxy) is 2. The van der Waals surface area contributed by atoms with Gasteiger partial charge in [-0.15, -0.1) is 0 Å². The van der Waals surface area contributed by atoms with Gasteiger partial charge in [-0.1, -0.05) is 84.6 Å². The molecule has 0 aromatic heterocycles. The summed E-state index contributed by atoms with van der Waals surface area (Å²) in [5, 5.41) is 4.03. The van der Waals surface area contributed by atoms with Crippen molar-refractivity contribution < 1.29 is 19.1 Å². The number of nitrogens with zero attached hydrogens (tertiary/aromatic N) is 8. The second kappa shape index (κ2) is 21.8. The highest BCUT2D eigenvalue weighted by Gasteiger charge is 2.30. The molecule has 0 radical (unpaired) electrons. The van der Waals surface area contributed by atoms with Gasteiger partial charge in [0.05, 0.1) is 71.8 Å². The Morgan fingerprint density at radius 3 is 1.22 bits per heavy atom. The molecule has 0 saturated heterocycles. The zero-order valence-electron chi connectivity index (χ0n) is 45.1. The molecule has 398 valence electrons. The minimum Gasteiger partial charge on any atom is -0.443 e. The summed E-state index contributed by atoms with van der Waals surface area (Å²) in [6.45, 7) is 13.5. The van der Waals surface area contributed by atoms with Gasteiger partial charge in [0.2, 0.25) is 5.96 Å². The fourth-order valence-corrected chi connectivity index (χ4v) is 10.1. The SMILES string of the molecule is CC(C)(C)OC(=O)N1CCN=C1Nc1ccc2c(c1)N=C(c1ccc(C3=Nc4cc(N)ccc4C3)cc1)C2.CSC1=NCCN1C(=O)OC(C)(C)C.Nc1ccc2c(c1)N=C(c1ccc(C3=Nc4cc(N)ccc4C3)cc1)C2. The van der Waals surface area contributed by atoms with E-state index in [1.165, 1.54) is 38.9 Å². The number of carbonyl (C=O) groups is 2. The minimum absolute atomic E-state index is 0.303. The van der Waals surface area contributed by atoms with E-state index in [4.69, 9.17) is 46.6 Å². The Bertz CT molecular complexity index is 3440. The van der Waals surface area contributed by atoms with Crippen molar-refractivity contribution in [2.24, 2.45) is 30.0 Å². The molecule has 12 rings (SSSR count). The zero-order chi connectivity index (χ0) is 54.9. The molecule has 16 nitrogen and oxygen atoms in total. The van der Waals surface area contributed by atoms with Crippen LogP contribution < -0.4 is 22.5 Å². The average Bonchev–Trinajstić information content (AvgIpc) is 4.39. The first kappa shape index (κ1) is 52.9. The van der Waals surface area contributed by atoms with Gasteiger partial charge in [-0.25, -0.2) is 14.5 Å². The lowest BCUT2D eigenvalue weighted by molar-refractivity contribution is 0.0374. The average molecular weight is 1060 g/mol. The van der Waals surface area contributed by atoms with Crippen LogP contribution in [-0.2, 0) is 35.2 Å². The van der Waals surface area contributed by atoms with Crippen molar-refractivity contribution >= 4 is 103 Å². The van der Waals surface area contributed by atoms with Crippen LogP contribution in [0.25, 0.3) is 0 Å². The van der Waals surface area contributed by atoms with Crippen LogP contribution >= 0.6 is 11.8 Å². The Balaban J connectivity index is 0.000000148. The number of carbonyl (C=O) groups excluding carboxylic acids is 2. The summed E-state index contributed by atoms with van der Waals surface area (Å²) >= 11 is 1.47. The molecule has 2 amide bonds. The Hall–Kier alpha value is -8.57. The first-order valence-electron chi connectivity index (χ1n) is 26.0. The first-order chi connectivity index (χ1) is 37.3. The van der Waals surface area contributed by atoms with Crippen LogP contribution in [0.3, 0.4) is 0 Å². The second-order valence-electron chi connectivity index (χ2n) is 21.6. The molecule has 0 bridgehead atoms. The maximum atomic E-state index is 12.6. The molecule has 0 fully saturated rings. The van der Waals surface area contributed by atoms with Crippen LogP contribution in [0.2, 0.25) is 0 Å². The highest BCUT2D eigenvalue weighted by molar-refractivity contribution is 8.13. The number of nitrogens with one attached hydrogen (secondary N) is 1. The summed E-state index contributed by atoms with van der Waals surface area (Å²) in [4.78, 5) is 55.2. The number of nitrogens with two attached hydrogens (primary N) is 3. The van der Waals surface area contributed by atoms with Gasteiger partial charge in [0.25, 0.3) is 0 Å². The molecule has 6 heterocycles. The molecule has 6 aliphatic heterocycles. The number of fused-ring (bicyclic) bond motifs is 4. The Kier molecular flexibility index (Phi) is 14.8. The van der Waals surface area contributed by atoms with E-state index in [1.54, 1.807) is 4.90 Å². The molecule has 0 saturated carbocycles. The van der Waals surface area contributed by atoms with Gasteiger partial charge >= 0.3 is 12.2 Å². The summed E-state index contributed by atoms with van der Waals surface area (Å²) in [7, 11) is 0. The van der Waals surface area contributed by atoms with E-state index in [0.29, 0.717) is 32.1 Å². The summed E-state index contributed by atoms with van der Waals surface area (Å²) in [6, 6.07) is 40.8. The number of benzene rings is 6. The van der Waals surface area contributed by atoms with E-state index in [9.17, 15) is 9.59 Å². The fraction of sp³-hybridized carbons (Fsp3) is 0.279. The minimum atomic E-state index is -0.564. The highest BCUT2D eigenvalue weighted by Crippen LogP contribution is 2.36. The van der Waals surface area contributed by atoms with Crippen molar-refractivity contribution in [1.82, 2.24) is 9.80 Å². The smallest absolute Gasteiger partial charge is 0.417 e. The van der Waals surface area contributed by atoms with Gasteiger partial charge in [0.1, 0.15) is 11.2 Å². The molecule has 0 atom stereocenters. The van der Waals surface area contributed by atoms with Gasteiger partial charge in [-0.3, -0.25) is 34.9 Å². The van der Waals surface area contributed by atoms with Crippen molar-refractivity contribution in [3.8, 4) is 0 Å². The predicted molar refractivity (Wildman–Crippen MR) is 319 cm³/mol. The van der Waals surface area contributed by atoms with Crippen molar-refractivity contribution in [3.63, 3.8) is 0 Å². The summed E-state index contributed by atoms with van der Waals surface area (Å²) in [6.07, 6.45) is 4.48. The maximum Gasteiger partial charge on any atom is 0.417 e. The van der Waals surface area contributed by atoms with Crippen LogP contribution in [0.15, 0.2) is 151 Å². The Morgan fingerprint density at radius 2 is 0.833 bits per heavy atom. The van der Waals surface area contributed by atoms with Crippen LogP contribution in [0.4, 0.5) is 55.1 Å². The number of nitrogen functional groups attached to an aromatic ring is 3. The van der Waals surface area contributed by atoms with E-state index in [1.807, 2.05) is 96.3 Å². The lowest BCUT2D eigenvalue weighted by Gasteiger charge is -2.25. The molecule has 0 unspecified atom stereocenters. The van der Waals surface area contributed by atoms with E-state index in [0.717, 1.165) is 121 Å². The normalized spacial score (nSPS) is 15.7. The number of amidine groups is 1. The number of hydrogen-bond acceptors (Lipinski definition) is 15. The summed E-state index contributed by atoms with van der Waals surface area (Å²) in [5.41, 5.74) is 37.1. The van der Waals surface area contributed by atoms with Gasteiger partial charge < -0.3 is 32.0 Å². The third kappa shape index (κ3) is 12.3. The topological polar surface area (TPSA) is 223 Å². The van der Waals surface area contributed by atoms with Crippen LogP contribution in [0, 0.1) is 0 Å². The van der Waals surface area contributed by atoms with Gasteiger partial charge in [-0.2, -0.15) is 0 Å². The predicted octanol–water partition coefficient (Wildman–Crippen LogP) is 11.8. The van der Waals surface area contributed by atoms with Crippen LogP contribution in [0.1, 0.15) is 86.1 Å². The number of rotatable bonds is 5. The number of thioether (sulfide) groups is 1. The third-order valence-electron chi connectivity index (χ3n) is 13.3. The van der Waals surface area contributed by atoms with E-state index < -0.39 is 17.3 Å². The Morgan fingerprint density at radius 1 is 0.487 bits per heavy atom. The fourth-order valence-electron chi connectivity index (χ4n) is 9.50. The van der Waals surface area contributed by atoms with E-state index >= 15 is 0 Å². The van der Waals surface area contributed by atoms with Crippen molar-refractivity contribution in [2.75, 3.05) is 55.0 Å². The second-order valence-corrected chi connectivity index (χ2v) is 22.3. The van der Waals surface area contributed by atoms with Crippen molar-refractivity contribution in [3.05, 3.63) is 166 Å². The van der Waals surface area contributed by atoms with Crippen molar-refractivity contribution in [1.29, 1.82) is 0 Å². The molecule has 0 spiro atoms. The monoisotopic (exact) mass is 1060 g/mol. The molecule has 7 N–H and O–H groups in total. The molecule has 17 heteroatoms. The maximum absolute atomic E-state index is 12.6. The lowest BCUT2D eigenvalue weighted by Crippen LogP contribution is -2.41.